The minimum Gasteiger partial charge on any atom is -0.266 e. The van der Waals surface area contributed by atoms with Crippen LogP contribution in [-0.4, -0.2) is 31.0 Å². The summed E-state index contributed by atoms with van der Waals surface area (Å²) in [6.45, 7) is 0.117. The molecule has 0 amide bonds. The molecular formula is C11H13Br3O3S. The van der Waals surface area contributed by atoms with Gasteiger partial charge >= 0.3 is 0 Å². The van der Waals surface area contributed by atoms with Crippen LogP contribution in [0.2, 0.25) is 0 Å². The summed E-state index contributed by atoms with van der Waals surface area (Å²) in [5.41, 5.74) is -0.290. The SMILES string of the molecule is O=S(=O)(OCC(CBr)(CBr)CBr)c1ccccc1. The standard InChI is InChI=1S/C11H13Br3O3S/c12-6-11(7-13,8-14)9-17-18(15,16)10-4-2-1-3-5-10/h1-5H,6-9H2. The minimum absolute atomic E-state index is 0.117. The highest BCUT2D eigenvalue weighted by atomic mass is 79.9. The summed E-state index contributed by atoms with van der Waals surface area (Å²) in [5.74, 6) is 0. The highest BCUT2D eigenvalue weighted by Gasteiger charge is 2.30. The maximum absolute atomic E-state index is 12.0. The van der Waals surface area contributed by atoms with Gasteiger partial charge in [0.1, 0.15) is 0 Å². The number of halogens is 3. The van der Waals surface area contributed by atoms with Crippen molar-refractivity contribution in [3.05, 3.63) is 30.3 Å². The van der Waals surface area contributed by atoms with Crippen molar-refractivity contribution in [2.45, 2.75) is 4.90 Å². The highest BCUT2D eigenvalue weighted by Crippen LogP contribution is 2.27. The first kappa shape index (κ1) is 16.6. The third kappa shape index (κ3) is 4.30. The Bertz CT molecular complexity index is 449. The van der Waals surface area contributed by atoms with Crippen LogP contribution in [0.15, 0.2) is 35.2 Å². The molecule has 102 valence electrons. The molecule has 0 aromatic heterocycles. The molecule has 0 atom stereocenters. The van der Waals surface area contributed by atoms with E-state index >= 15 is 0 Å². The molecule has 0 bridgehead atoms. The van der Waals surface area contributed by atoms with E-state index < -0.39 is 10.1 Å². The second kappa shape index (κ2) is 7.38. The molecule has 7 heteroatoms. The lowest BCUT2D eigenvalue weighted by molar-refractivity contribution is 0.218. The van der Waals surface area contributed by atoms with E-state index in [1.165, 1.54) is 12.1 Å². The third-order valence-electron chi connectivity index (χ3n) is 2.40. The maximum atomic E-state index is 12.0. The van der Waals surface area contributed by atoms with Crippen LogP contribution in [0, 0.1) is 5.41 Å². The predicted molar refractivity (Wildman–Crippen MR) is 83.4 cm³/mol. The van der Waals surface area contributed by atoms with Crippen LogP contribution in [0.4, 0.5) is 0 Å². The molecule has 0 spiro atoms. The van der Waals surface area contributed by atoms with Crippen molar-refractivity contribution >= 4 is 57.9 Å². The monoisotopic (exact) mass is 462 g/mol. The summed E-state index contributed by atoms with van der Waals surface area (Å²) in [7, 11) is -3.69. The number of hydrogen-bond acceptors (Lipinski definition) is 3. The van der Waals surface area contributed by atoms with Gasteiger partial charge in [-0.1, -0.05) is 66.0 Å². The van der Waals surface area contributed by atoms with Crippen LogP contribution in [0.3, 0.4) is 0 Å². The van der Waals surface area contributed by atoms with Crippen molar-refractivity contribution in [1.82, 2.24) is 0 Å². The van der Waals surface area contributed by atoms with E-state index in [9.17, 15) is 8.42 Å². The Morgan fingerprint density at radius 2 is 1.50 bits per heavy atom. The maximum Gasteiger partial charge on any atom is 0.296 e. The summed E-state index contributed by atoms with van der Waals surface area (Å²) in [6.07, 6.45) is 0. The molecule has 0 saturated carbocycles. The average molecular weight is 465 g/mol. The Morgan fingerprint density at radius 3 is 1.94 bits per heavy atom. The molecule has 1 rings (SSSR count). The fourth-order valence-corrected chi connectivity index (χ4v) is 5.38. The first-order valence-corrected chi connectivity index (χ1v) is 9.89. The van der Waals surface area contributed by atoms with E-state index in [2.05, 4.69) is 47.8 Å². The van der Waals surface area contributed by atoms with Gasteiger partial charge in [0.25, 0.3) is 10.1 Å². The molecule has 1 aromatic rings. The Hall–Kier alpha value is 0.570. The summed E-state index contributed by atoms with van der Waals surface area (Å²) in [5, 5.41) is 1.92. The summed E-state index contributed by atoms with van der Waals surface area (Å²) < 4.78 is 29.1. The fourth-order valence-electron chi connectivity index (χ4n) is 1.08. The Morgan fingerprint density at radius 1 is 1.00 bits per heavy atom. The molecule has 0 saturated heterocycles. The zero-order chi connectivity index (χ0) is 13.6. The van der Waals surface area contributed by atoms with Crippen molar-refractivity contribution in [2.24, 2.45) is 5.41 Å². The molecule has 0 fully saturated rings. The van der Waals surface area contributed by atoms with Crippen LogP contribution in [0.1, 0.15) is 0 Å². The van der Waals surface area contributed by atoms with Gasteiger partial charge in [-0.3, -0.25) is 4.18 Å². The average Bonchev–Trinajstić information content (AvgIpc) is 2.42. The van der Waals surface area contributed by atoms with Gasteiger partial charge in [-0.05, 0) is 12.1 Å². The quantitative estimate of drug-likeness (QED) is 0.457. The van der Waals surface area contributed by atoms with E-state index in [0.717, 1.165) is 0 Å². The van der Waals surface area contributed by atoms with Crippen LogP contribution in [-0.2, 0) is 14.3 Å². The van der Waals surface area contributed by atoms with Gasteiger partial charge in [-0.15, -0.1) is 0 Å². The second-order valence-electron chi connectivity index (χ2n) is 3.93. The largest absolute Gasteiger partial charge is 0.296 e. The number of benzene rings is 1. The van der Waals surface area contributed by atoms with Crippen LogP contribution >= 0.6 is 47.8 Å². The Balaban J connectivity index is 2.79. The van der Waals surface area contributed by atoms with Gasteiger partial charge < -0.3 is 0 Å². The topological polar surface area (TPSA) is 43.4 Å². The van der Waals surface area contributed by atoms with E-state index in [1.54, 1.807) is 18.2 Å². The van der Waals surface area contributed by atoms with Crippen molar-refractivity contribution in [3.63, 3.8) is 0 Å². The third-order valence-corrected chi connectivity index (χ3v) is 7.25. The van der Waals surface area contributed by atoms with Crippen LogP contribution in [0.5, 0.6) is 0 Å². The zero-order valence-corrected chi connectivity index (χ0v) is 15.1. The van der Waals surface area contributed by atoms with Gasteiger partial charge in [0, 0.05) is 21.4 Å². The number of alkyl halides is 3. The van der Waals surface area contributed by atoms with E-state index in [4.69, 9.17) is 4.18 Å². The Kier molecular flexibility index (Phi) is 6.81. The molecule has 0 unspecified atom stereocenters. The highest BCUT2D eigenvalue weighted by molar-refractivity contribution is 9.10. The lowest BCUT2D eigenvalue weighted by Crippen LogP contribution is -2.33. The zero-order valence-electron chi connectivity index (χ0n) is 9.48. The van der Waals surface area contributed by atoms with Crippen molar-refractivity contribution in [1.29, 1.82) is 0 Å². The molecule has 3 nitrogen and oxygen atoms in total. The van der Waals surface area contributed by atoms with Crippen molar-refractivity contribution in [2.75, 3.05) is 22.6 Å². The number of hydrogen-bond donors (Lipinski definition) is 0. The number of rotatable bonds is 7. The van der Waals surface area contributed by atoms with E-state index in [-0.39, 0.29) is 16.9 Å². The Labute approximate surface area is 133 Å². The van der Waals surface area contributed by atoms with Crippen molar-refractivity contribution in [3.8, 4) is 0 Å². The van der Waals surface area contributed by atoms with Crippen LogP contribution in [0.25, 0.3) is 0 Å². The first-order chi connectivity index (χ1) is 8.49. The first-order valence-electron chi connectivity index (χ1n) is 5.12. The lowest BCUT2D eigenvalue weighted by Gasteiger charge is -2.26. The molecule has 0 N–H and O–H groups in total. The molecule has 0 aliphatic rings. The molecule has 0 heterocycles. The summed E-state index contributed by atoms with van der Waals surface area (Å²) in [6, 6.07) is 8.14. The van der Waals surface area contributed by atoms with E-state index in [0.29, 0.717) is 16.0 Å². The lowest BCUT2D eigenvalue weighted by atomic mass is 9.98. The molecule has 0 aliphatic heterocycles. The molecule has 0 aliphatic carbocycles. The molecule has 18 heavy (non-hydrogen) atoms. The molecule has 1 aromatic carbocycles. The van der Waals surface area contributed by atoms with E-state index in [1.807, 2.05) is 0 Å². The van der Waals surface area contributed by atoms with Crippen molar-refractivity contribution < 1.29 is 12.6 Å². The van der Waals surface area contributed by atoms with Gasteiger partial charge in [0.05, 0.1) is 11.5 Å². The fraction of sp³-hybridized carbons (Fsp3) is 0.455. The van der Waals surface area contributed by atoms with Gasteiger partial charge in [0.15, 0.2) is 0 Å². The minimum atomic E-state index is -3.69. The summed E-state index contributed by atoms with van der Waals surface area (Å²) in [4.78, 5) is 0.178. The van der Waals surface area contributed by atoms with Gasteiger partial charge in [-0.2, -0.15) is 8.42 Å². The van der Waals surface area contributed by atoms with Gasteiger partial charge in [0.2, 0.25) is 0 Å². The van der Waals surface area contributed by atoms with Gasteiger partial charge in [-0.25, -0.2) is 0 Å². The molecular weight excluding hydrogens is 452 g/mol. The normalized spacial score (nSPS) is 12.6. The molecule has 0 radical (unpaired) electrons. The second-order valence-corrected chi connectivity index (χ2v) is 7.23. The van der Waals surface area contributed by atoms with Crippen LogP contribution < -0.4 is 0 Å². The summed E-state index contributed by atoms with van der Waals surface area (Å²) >= 11 is 10.1. The smallest absolute Gasteiger partial charge is 0.266 e. The predicted octanol–water partition coefficient (Wildman–Crippen LogP) is 3.56.